The molecule has 21 heavy (non-hydrogen) atoms. The van der Waals surface area contributed by atoms with E-state index in [2.05, 4.69) is 16.9 Å². The van der Waals surface area contributed by atoms with E-state index in [0.29, 0.717) is 11.4 Å². The topological polar surface area (TPSA) is 72.1 Å². The van der Waals surface area contributed by atoms with Gasteiger partial charge in [-0.1, -0.05) is 13.0 Å². The highest BCUT2D eigenvalue weighted by Gasteiger charge is 2.35. The van der Waals surface area contributed by atoms with Crippen molar-refractivity contribution in [1.82, 2.24) is 14.9 Å². The molecule has 2 aromatic heterocycles. The van der Waals surface area contributed by atoms with Crippen LogP contribution in [-0.2, 0) is 0 Å². The Hall–Kier alpha value is -1.79. The van der Waals surface area contributed by atoms with E-state index in [9.17, 15) is 4.79 Å². The van der Waals surface area contributed by atoms with Crippen LogP contribution in [0.25, 0.3) is 10.7 Å². The summed E-state index contributed by atoms with van der Waals surface area (Å²) in [6, 6.07) is 5.67. The normalized spacial score (nSPS) is 21.7. The molecule has 1 aliphatic rings. The maximum Gasteiger partial charge on any atom is 0.265 e. The molecule has 0 aromatic carbocycles. The largest absolute Gasteiger partial charge is 0.337 e. The van der Waals surface area contributed by atoms with Gasteiger partial charge in [0, 0.05) is 19.3 Å². The van der Waals surface area contributed by atoms with Crippen molar-refractivity contribution in [3.05, 3.63) is 35.5 Å². The average Bonchev–Trinajstić information content (AvgIpc) is 3.15. The van der Waals surface area contributed by atoms with Gasteiger partial charge in [-0.05, 0) is 30.5 Å². The van der Waals surface area contributed by atoms with Gasteiger partial charge < -0.3 is 10.6 Å². The van der Waals surface area contributed by atoms with Gasteiger partial charge in [0.1, 0.15) is 9.88 Å². The Labute approximate surface area is 127 Å². The van der Waals surface area contributed by atoms with Crippen LogP contribution in [0.4, 0.5) is 0 Å². The Kier molecular flexibility index (Phi) is 3.73. The lowest BCUT2D eigenvalue weighted by Gasteiger charge is -2.22. The van der Waals surface area contributed by atoms with Gasteiger partial charge in [-0.15, -0.1) is 11.3 Å². The molecule has 6 heteroatoms. The minimum absolute atomic E-state index is 0.0458. The monoisotopic (exact) mass is 302 g/mol. The summed E-state index contributed by atoms with van der Waals surface area (Å²) in [6.07, 6.45) is 4.33. The number of carbonyl (C=O) groups is 1. The lowest BCUT2D eigenvalue weighted by Crippen LogP contribution is -2.34. The van der Waals surface area contributed by atoms with Crippen molar-refractivity contribution >= 4 is 17.2 Å². The first-order valence-corrected chi connectivity index (χ1v) is 7.79. The van der Waals surface area contributed by atoms with Gasteiger partial charge in [0.15, 0.2) is 0 Å². The Balaban J connectivity index is 1.77. The van der Waals surface area contributed by atoms with E-state index in [1.54, 1.807) is 12.4 Å². The first kappa shape index (κ1) is 14.2. The van der Waals surface area contributed by atoms with E-state index < -0.39 is 0 Å². The van der Waals surface area contributed by atoms with E-state index in [1.807, 2.05) is 23.1 Å². The van der Waals surface area contributed by atoms with Crippen molar-refractivity contribution < 1.29 is 4.79 Å². The summed E-state index contributed by atoms with van der Waals surface area (Å²) in [7, 11) is 0. The van der Waals surface area contributed by atoms with Gasteiger partial charge >= 0.3 is 0 Å². The van der Waals surface area contributed by atoms with Crippen molar-refractivity contribution in [3.63, 3.8) is 0 Å². The van der Waals surface area contributed by atoms with Crippen LogP contribution < -0.4 is 5.73 Å². The molecule has 1 fully saturated rings. The fourth-order valence-corrected chi connectivity index (χ4v) is 3.36. The molecular formula is C15H18N4OS. The lowest BCUT2D eigenvalue weighted by atomic mass is 9.90. The highest BCUT2D eigenvalue weighted by atomic mass is 32.1. The molecule has 2 N–H and O–H groups in total. The van der Waals surface area contributed by atoms with Crippen LogP contribution in [0.5, 0.6) is 0 Å². The highest BCUT2D eigenvalue weighted by Crippen LogP contribution is 2.31. The smallest absolute Gasteiger partial charge is 0.265 e. The molecule has 3 rings (SSSR count). The van der Waals surface area contributed by atoms with Crippen LogP contribution in [0, 0.1) is 5.41 Å². The third-order valence-electron chi connectivity index (χ3n) is 3.94. The Morgan fingerprint density at radius 3 is 3.00 bits per heavy atom. The Bertz CT molecular complexity index is 642. The zero-order valence-electron chi connectivity index (χ0n) is 12.0. The van der Waals surface area contributed by atoms with Gasteiger partial charge in [-0.3, -0.25) is 9.78 Å². The van der Waals surface area contributed by atoms with Gasteiger partial charge in [-0.2, -0.15) is 0 Å². The number of thiazole rings is 1. The zero-order chi connectivity index (χ0) is 14.9. The summed E-state index contributed by atoms with van der Waals surface area (Å²) >= 11 is 1.39. The molecule has 5 nitrogen and oxygen atoms in total. The standard InChI is InChI=1S/C15H18N4OS/c1-15(9-16)5-7-19(10-15)14(20)12-8-18-13(21-12)11-4-2-3-6-17-11/h2-4,6,8H,5,7,9-10,16H2,1H3. The number of amides is 1. The van der Waals surface area contributed by atoms with Crippen LogP contribution in [-0.4, -0.2) is 40.4 Å². The molecule has 110 valence electrons. The van der Waals surface area contributed by atoms with Gasteiger partial charge in [0.05, 0.1) is 11.9 Å². The zero-order valence-corrected chi connectivity index (χ0v) is 12.8. The third kappa shape index (κ3) is 2.82. The maximum absolute atomic E-state index is 12.5. The van der Waals surface area contributed by atoms with Crippen molar-refractivity contribution in [1.29, 1.82) is 0 Å². The van der Waals surface area contributed by atoms with Crippen LogP contribution in [0.3, 0.4) is 0 Å². The number of pyridine rings is 1. The molecule has 0 spiro atoms. The number of nitrogens with zero attached hydrogens (tertiary/aromatic N) is 3. The summed E-state index contributed by atoms with van der Waals surface area (Å²) in [5, 5.41) is 0.778. The number of aromatic nitrogens is 2. The SMILES string of the molecule is CC1(CN)CCN(C(=O)c2cnc(-c3ccccn3)s2)C1. The molecule has 3 heterocycles. The second-order valence-corrected chi connectivity index (χ2v) is 6.77. The molecule has 1 amide bonds. The molecule has 1 aliphatic heterocycles. The second-order valence-electron chi connectivity index (χ2n) is 5.74. The lowest BCUT2D eigenvalue weighted by molar-refractivity contribution is 0.0781. The van der Waals surface area contributed by atoms with Gasteiger partial charge in [-0.25, -0.2) is 4.98 Å². The summed E-state index contributed by atoms with van der Waals surface area (Å²) in [5.41, 5.74) is 6.64. The maximum atomic E-state index is 12.5. The van der Waals surface area contributed by atoms with Gasteiger partial charge in [0.25, 0.3) is 5.91 Å². The molecule has 2 aromatic rings. The molecule has 0 saturated carbocycles. The fourth-order valence-electron chi connectivity index (χ4n) is 2.50. The molecule has 1 unspecified atom stereocenters. The summed E-state index contributed by atoms with van der Waals surface area (Å²) < 4.78 is 0. The van der Waals surface area contributed by atoms with Crippen LogP contribution in [0.1, 0.15) is 23.0 Å². The average molecular weight is 302 g/mol. The first-order chi connectivity index (χ1) is 10.1. The molecular weight excluding hydrogens is 284 g/mol. The summed E-state index contributed by atoms with van der Waals surface area (Å²) in [4.78, 5) is 23.7. The quantitative estimate of drug-likeness (QED) is 0.941. The van der Waals surface area contributed by atoms with Crippen molar-refractivity contribution in [2.75, 3.05) is 19.6 Å². The molecule has 0 aliphatic carbocycles. The Morgan fingerprint density at radius 1 is 1.48 bits per heavy atom. The van der Waals surface area contributed by atoms with Crippen LogP contribution in [0.15, 0.2) is 30.6 Å². The van der Waals surface area contributed by atoms with Gasteiger partial charge in [0.2, 0.25) is 0 Å². The predicted molar refractivity (Wildman–Crippen MR) is 83.0 cm³/mol. The second kappa shape index (κ2) is 5.54. The van der Waals surface area contributed by atoms with E-state index >= 15 is 0 Å². The number of hydrogen-bond donors (Lipinski definition) is 1. The molecule has 0 bridgehead atoms. The van der Waals surface area contributed by atoms with Crippen LogP contribution in [0.2, 0.25) is 0 Å². The predicted octanol–water partition coefficient (Wildman–Crippen LogP) is 2.02. The number of hydrogen-bond acceptors (Lipinski definition) is 5. The summed E-state index contributed by atoms with van der Waals surface area (Å²) in [5.74, 6) is 0.0480. The number of rotatable bonds is 3. The fraction of sp³-hybridized carbons (Fsp3) is 0.400. The number of nitrogens with two attached hydrogens (primary N) is 1. The molecule has 0 radical (unpaired) electrons. The number of carbonyl (C=O) groups excluding carboxylic acids is 1. The molecule has 1 atom stereocenters. The third-order valence-corrected chi connectivity index (χ3v) is 4.95. The van der Waals surface area contributed by atoms with Crippen LogP contribution >= 0.6 is 11.3 Å². The van der Waals surface area contributed by atoms with Crippen molar-refractivity contribution in [3.8, 4) is 10.7 Å². The van der Waals surface area contributed by atoms with E-state index in [4.69, 9.17) is 5.73 Å². The summed E-state index contributed by atoms with van der Waals surface area (Å²) in [6.45, 7) is 4.23. The number of likely N-dealkylation sites (tertiary alicyclic amines) is 1. The van der Waals surface area contributed by atoms with E-state index in [0.717, 1.165) is 30.2 Å². The Morgan fingerprint density at radius 2 is 2.33 bits per heavy atom. The first-order valence-electron chi connectivity index (χ1n) is 6.98. The highest BCUT2D eigenvalue weighted by molar-refractivity contribution is 7.16. The van der Waals surface area contributed by atoms with E-state index in [-0.39, 0.29) is 11.3 Å². The molecule has 1 saturated heterocycles. The van der Waals surface area contributed by atoms with Crippen molar-refractivity contribution in [2.45, 2.75) is 13.3 Å². The van der Waals surface area contributed by atoms with E-state index in [1.165, 1.54) is 11.3 Å². The van der Waals surface area contributed by atoms with Crippen molar-refractivity contribution in [2.24, 2.45) is 11.1 Å². The minimum Gasteiger partial charge on any atom is -0.337 e. The minimum atomic E-state index is 0.0458.